The van der Waals surface area contributed by atoms with Crippen molar-refractivity contribution in [3.8, 4) is 0 Å². The van der Waals surface area contributed by atoms with Gasteiger partial charge in [0.1, 0.15) is 0 Å². The van der Waals surface area contributed by atoms with Crippen LogP contribution in [0.4, 0.5) is 0 Å². The number of aliphatic hydroxyl groups excluding tert-OH is 1. The predicted octanol–water partition coefficient (Wildman–Crippen LogP) is 2.91. The first-order valence-electron chi connectivity index (χ1n) is 9.65. The van der Waals surface area contributed by atoms with Gasteiger partial charge in [0, 0.05) is 29.7 Å². The molecule has 0 amide bonds. The molecule has 2 aromatic rings. The molecule has 1 aromatic carbocycles. The average molecular weight is 354 g/mol. The minimum absolute atomic E-state index is 0.0893. The first-order valence-corrected chi connectivity index (χ1v) is 9.65. The molecular weight excluding hydrogens is 328 g/mol. The smallest absolute Gasteiger partial charge is 0.373 e. The number of aromatic amines is 1. The van der Waals surface area contributed by atoms with Crippen molar-refractivity contribution in [2.24, 2.45) is 17.8 Å². The van der Waals surface area contributed by atoms with Gasteiger partial charge in [0.25, 0.3) is 0 Å². The molecule has 0 radical (unpaired) electrons. The fourth-order valence-corrected chi connectivity index (χ4v) is 5.62. The van der Waals surface area contributed by atoms with Crippen LogP contribution in [0.25, 0.3) is 10.9 Å². The number of benzene rings is 1. The number of fused-ring (bicyclic) bond motifs is 6. The predicted molar refractivity (Wildman–Crippen MR) is 97.3 cm³/mol. The van der Waals surface area contributed by atoms with Crippen molar-refractivity contribution in [2.45, 2.75) is 44.8 Å². The van der Waals surface area contributed by atoms with Gasteiger partial charge in [-0.2, -0.15) is 9.59 Å². The van der Waals surface area contributed by atoms with E-state index < -0.39 is 0 Å². The van der Waals surface area contributed by atoms with Gasteiger partial charge in [-0.15, -0.1) is 0 Å². The summed E-state index contributed by atoms with van der Waals surface area (Å²) < 4.78 is 0. The SMILES string of the molecule is C[C@@H]1[C@H]2C[C@H]3c4[nH]c5ccccc5c4CCN3C[C@@H]2CC[C@@H]1O.O=C=O. The highest BCUT2D eigenvalue weighted by atomic mass is 16.3. The number of carbonyl (C=O) groups excluding carboxylic acids is 2. The van der Waals surface area contributed by atoms with Crippen LogP contribution in [0, 0.1) is 17.8 Å². The number of hydrogen-bond donors (Lipinski definition) is 2. The lowest BCUT2D eigenvalue weighted by Crippen LogP contribution is -2.50. The highest BCUT2D eigenvalue weighted by Crippen LogP contribution is 2.48. The fourth-order valence-electron chi connectivity index (χ4n) is 5.62. The van der Waals surface area contributed by atoms with Crippen LogP contribution >= 0.6 is 0 Å². The third kappa shape index (κ3) is 2.81. The van der Waals surface area contributed by atoms with E-state index in [1.807, 2.05) is 0 Å². The molecule has 1 saturated carbocycles. The molecule has 3 heterocycles. The summed E-state index contributed by atoms with van der Waals surface area (Å²) in [4.78, 5) is 22.7. The van der Waals surface area contributed by atoms with E-state index in [-0.39, 0.29) is 12.3 Å². The van der Waals surface area contributed by atoms with Gasteiger partial charge in [-0.25, -0.2) is 0 Å². The number of nitrogens with one attached hydrogen (secondary N) is 1. The summed E-state index contributed by atoms with van der Waals surface area (Å²) in [5.41, 5.74) is 4.30. The molecule has 138 valence electrons. The maximum absolute atomic E-state index is 10.3. The molecule has 5 nitrogen and oxygen atoms in total. The highest BCUT2D eigenvalue weighted by molar-refractivity contribution is 5.85. The first kappa shape index (κ1) is 17.5. The molecule has 1 saturated heterocycles. The molecular formula is C21H26N2O3. The Bertz CT molecular complexity index is 824. The lowest BCUT2D eigenvalue weighted by Gasteiger charge is -2.51. The van der Waals surface area contributed by atoms with Crippen LogP contribution in [0.5, 0.6) is 0 Å². The van der Waals surface area contributed by atoms with Crippen LogP contribution in [-0.4, -0.2) is 40.3 Å². The Balaban J connectivity index is 0.000000527. The molecule has 1 aromatic heterocycles. The van der Waals surface area contributed by atoms with Crippen molar-refractivity contribution in [1.29, 1.82) is 0 Å². The van der Waals surface area contributed by atoms with Crippen molar-refractivity contribution >= 4 is 17.1 Å². The van der Waals surface area contributed by atoms with Gasteiger partial charge in [0.15, 0.2) is 0 Å². The van der Waals surface area contributed by atoms with E-state index in [1.165, 1.54) is 48.9 Å². The lowest BCUT2D eigenvalue weighted by atomic mass is 9.65. The Kier molecular flexibility index (Phi) is 4.70. The minimum Gasteiger partial charge on any atom is -0.393 e. The van der Waals surface area contributed by atoms with E-state index >= 15 is 0 Å². The summed E-state index contributed by atoms with van der Waals surface area (Å²) in [6, 6.07) is 9.27. The highest BCUT2D eigenvalue weighted by Gasteiger charge is 2.45. The van der Waals surface area contributed by atoms with Gasteiger partial charge in [-0.1, -0.05) is 25.1 Å². The second-order valence-electron chi connectivity index (χ2n) is 8.07. The zero-order chi connectivity index (χ0) is 18.3. The van der Waals surface area contributed by atoms with Crippen molar-refractivity contribution in [1.82, 2.24) is 9.88 Å². The lowest BCUT2D eigenvalue weighted by molar-refractivity contribution is -0.191. The maximum Gasteiger partial charge on any atom is 0.373 e. The summed E-state index contributed by atoms with van der Waals surface area (Å²) >= 11 is 0. The van der Waals surface area contributed by atoms with Crippen LogP contribution in [-0.2, 0) is 16.0 Å². The quantitative estimate of drug-likeness (QED) is 0.763. The molecule has 5 atom stereocenters. The van der Waals surface area contributed by atoms with E-state index in [9.17, 15) is 5.11 Å². The van der Waals surface area contributed by atoms with Crippen LogP contribution in [0.2, 0.25) is 0 Å². The van der Waals surface area contributed by atoms with Gasteiger partial charge in [-0.05, 0) is 55.1 Å². The second kappa shape index (κ2) is 6.99. The topological polar surface area (TPSA) is 73.4 Å². The summed E-state index contributed by atoms with van der Waals surface area (Å²) in [5, 5.41) is 11.7. The monoisotopic (exact) mass is 354 g/mol. The number of aromatic nitrogens is 1. The molecule has 26 heavy (non-hydrogen) atoms. The summed E-state index contributed by atoms with van der Waals surface area (Å²) in [6.07, 6.45) is 4.75. The zero-order valence-corrected chi connectivity index (χ0v) is 15.1. The molecule has 0 unspecified atom stereocenters. The number of aliphatic hydroxyl groups is 1. The van der Waals surface area contributed by atoms with Crippen molar-refractivity contribution in [3.05, 3.63) is 35.5 Å². The molecule has 2 aliphatic heterocycles. The minimum atomic E-state index is -0.0893. The van der Waals surface area contributed by atoms with Gasteiger partial charge >= 0.3 is 6.15 Å². The number of hydrogen-bond acceptors (Lipinski definition) is 4. The van der Waals surface area contributed by atoms with E-state index in [2.05, 4.69) is 41.1 Å². The molecule has 1 aliphatic carbocycles. The Morgan fingerprint density at radius 1 is 1.23 bits per heavy atom. The summed E-state index contributed by atoms with van der Waals surface area (Å²) in [6.45, 7) is 4.69. The fraction of sp³-hybridized carbons (Fsp3) is 0.571. The van der Waals surface area contributed by atoms with E-state index in [0.717, 1.165) is 12.3 Å². The maximum atomic E-state index is 10.3. The molecule has 5 rings (SSSR count). The third-order valence-electron chi connectivity index (χ3n) is 6.96. The Morgan fingerprint density at radius 3 is 2.81 bits per heavy atom. The van der Waals surface area contributed by atoms with E-state index in [1.54, 1.807) is 5.56 Å². The number of rotatable bonds is 0. The Labute approximate surface area is 153 Å². The molecule has 2 N–H and O–H groups in total. The van der Waals surface area contributed by atoms with Gasteiger partial charge in [0.05, 0.1) is 12.1 Å². The molecule has 2 fully saturated rings. The van der Waals surface area contributed by atoms with Crippen LogP contribution in [0.1, 0.15) is 43.5 Å². The molecule has 5 heteroatoms. The standard InChI is InChI=1S/C20H26N2O.CO2/c1-12-16-10-18-20-15(14-4-2-3-5-17(14)21-20)8-9-22(18)11-13(16)6-7-19(12)23;2-1-3/h2-5,12-13,16,18-19,21,23H,6-11H2,1H3;/t12-,13+,16-,18+,19+;/m1./s1. The number of piperidine rings is 1. The van der Waals surface area contributed by atoms with E-state index in [4.69, 9.17) is 9.59 Å². The summed E-state index contributed by atoms with van der Waals surface area (Å²) in [7, 11) is 0. The summed E-state index contributed by atoms with van der Waals surface area (Å²) in [5.74, 6) is 1.92. The average Bonchev–Trinajstić information content (AvgIpc) is 3.03. The van der Waals surface area contributed by atoms with Crippen molar-refractivity contribution in [3.63, 3.8) is 0 Å². The van der Waals surface area contributed by atoms with Crippen LogP contribution in [0.3, 0.4) is 0 Å². The number of para-hydroxylation sites is 1. The van der Waals surface area contributed by atoms with E-state index in [0.29, 0.717) is 17.9 Å². The molecule has 0 bridgehead atoms. The Morgan fingerprint density at radius 2 is 2.00 bits per heavy atom. The van der Waals surface area contributed by atoms with Crippen LogP contribution in [0.15, 0.2) is 24.3 Å². The van der Waals surface area contributed by atoms with Crippen molar-refractivity contribution < 1.29 is 14.7 Å². The second-order valence-corrected chi connectivity index (χ2v) is 8.07. The third-order valence-corrected chi connectivity index (χ3v) is 6.96. The van der Waals surface area contributed by atoms with Gasteiger partial charge < -0.3 is 10.1 Å². The largest absolute Gasteiger partial charge is 0.393 e. The zero-order valence-electron chi connectivity index (χ0n) is 15.1. The van der Waals surface area contributed by atoms with Gasteiger partial charge in [0.2, 0.25) is 0 Å². The molecule has 0 spiro atoms. The normalized spacial score (nSPS) is 33.2. The number of H-pyrrole nitrogens is 1. The van der Waals surface area contributed by atoms with Crippen molar-refractivity contribution in [2.75, 3.05) is 13.1 Å². The molecule has 3 aliphatic rings. The first-order chi connectivity index (χ1) is 12.6. The van der Waals surface area contributed by atoms with Crippen LogP contribution < -0.4 is 0 Å². The van der Waals surface area contributed by atoms with Gasteiger partial charge in [-0.3, -0.25) is 4.90 Å². The Hall–Kier alpha value is -1.94. The number of nitrogens with zero attached hydrogens (tertiary/aromatic N) is 1.